The van der Waals surface area contributed by atoms with Gasteiger partial charge in [0.25, 0.3) is 0 Å². The maximum atomic E-state index is 7.85. The second kappa shape index (κ2) is 3.81. The van der Waals surface area contributed by atoms with Gasteiger partial charge in [-0.2, -0.15) is 5.10 Å². The number of hydrogen-bond donors (Lipinski definition) is 1. The van der Waals surface area contributed by atoms with Crippen LogP contribution in [-0.2, 0) is 0 Å². The van der Waals surface area contributed by atoms with Crippen LogP contribution in [0.25, 0.3) is 10.9 Å². The van der Waals surface area contributed by atoms with Gasteiger partial charge in [0, 0.05) is 24.2 Å². The number of fused-ring (bicyclic) bond motifs is 1. The van der Waals surface area contributed by atoms with Crippen molar-refractivity contribution in [2.24, 2.45) is 5.92 Å². The summed E-state index contributed by atoms with van der Waals surface area (Å²) in [5.74, 6) is 0.736. The molecule has 1 aliphatic rings. The number of H-pyrrole nitrogens is 1. The van der Waals surface area contributed by atoms with Crippen molar-refractivity contribution >= 4 is 16.6 Å². The number of nitrogens with one attached hydrogen (secondary N) is 1. The van der Waals surface area contributed by atoms with Gasteiger partial charge in [0.1, 0.15) is 0 Å². The molecule has 3 nitrogen and oxygen atoms in total. The summed E-state index contributed by atoms with van der Waals surface area (Å²) in [6.45, 7) is 4.47. The van der Waals surface area contributed by atoms with Gasteiger partial charge in [0.2, 0.25) is 0 Å². The highest BCUT2D eigenvalue weighted by molar-refractivity contribution is 5.91. The van der Waals surface area contributed by atoms with Gasteiger partial charge in [-0.3, -0.25) is 5.10 Å². The molecule has 1 atom stereocenters. The highest BCUT2D eigenvalue weighted by Crippen LogP contribution is 2.28. The molecule has 2 aromatic rings. The van der Waals surface area contributed by atoms with E-state index in [1.807, 2.05) is 18.3 Å². The van der Waals surface area contributed by atoms with Crippen LogP contribution in [0.2, 0.25) is 0 Å². The van der Waals surface area contributed by atoms with Gasteiger partial charge >= 0.3 is 0 Å². The lowest BCUT2D eigenvalue weighted by Gasteiger charge is -2.33. The molecule has 0 saturated carbocycles. The summed E-state index contributed by atoms with van der Waals surface area (Å²) < 4.78 is 7.85. The molecule has 3 heteroatoms. The normalized spacial score (nSPS) is 22.4. The molecule has 0 amide bonds. The highest BCUT2D eigenvalue weighted by atomic mass is 15.2. The predicted octanol–water partition coefficient (Wildman–Crippen LogP) is 2.80. The molecule has 1 saturated heterocycles. The summed E-state index contributed by atoms with van der Waals surface area (Å²) >= 11 is 0. The zero-order valence-electron chi connectivity index (χ0n) is 10.5. The van der Waals surface area contributed by atoms with Crippen molar-refractivity contribution in [2.75, 3.05) is 18.0 Å². The lowest BCUT2D eigenvalue weighted by atomic mass is 9.99. The third kappa shape index (κ3) is 1.56. The van der Waals surface area contributed by atoms with Crippen molar-refractivity contribution in [1.82, 2.24) is 10.2 Å². The van der Waals surface area contributed by atoms with Gasteiger partial charge in [-0.1, -0.05) is 13.0 Å². The topological polar surface area (TPSA) is 31.9 Å². The summed E-state index contributed by atoms with van der Waals surface area (Å²) in [5, 5.41) is 8.17. The third-order valence-electron chi connectivity index (χ3n) is 3.39. The van der Waals surface area contributed by atoms with E-state index in [0.717, 1.165) is 35.6 Å². The SMILES string of the molecule is [2H]c1cc(N2CCCC(C)C2)c2cn[nH]c2c1. The number of hydrogen-bond acceptors (Lipinski definition) is 2. The van der Waals surface area contributed by atoms with E-state index in [4.69, 9.17) is 1.37 Å². The van der Waals surface area contributed by atoms with E-state index in [0.29, 0.717) is 6.04 Å². The summed E-state index contributed by atoms with van der Waals surface area (Å²) in [6, 6.07) is 4.34. The molecular weight excluding hydrogens is 198 g/mol. The highest BCUT2D eigenvalue weighted by Gasteiger charge is 2.18. The predicted molar refractivity (Wildman–Crippen MR) is 66.7 cm³/mol. The van der Waals surface area contributed by atoms with Gasteiger partial charge in [0.05, 0.1) is 13.1 Å². The summed E-state index contributed by atoms with van der Waals surface area (Å²) in [6.07, 6.45) is 4.41. The Hall–Kier alpha value is -1.51. The molecule has 1 fully saturated rings. The van der Waals surface area contributed by atoms with Crippen LogP contribution in [0.1, 0.15) is 21.1 Å². The van der Waals surface area contributed by atoms with E-state index in [2.05, 4.69) is 22.0 Å². The Morgan fingerprint density at radius 1 is 1.56 bits per heavy atom. The maximum absolute atomic E-state index is 7.85. The van der Waals surface area contributed by atoms with Crippen molar-refractivity contribution in [1.29, 1.82) is 0 Å². The Morgan fingerprint density at radius 2 is 2.50 bits per heavy atom. The van der Waals surface area contributed by atoms with Crippen LogP contribution < -0.4 is 4.90 Å². The second-order valence-corrected chi connectivity index (χ2v) is 4.73. The van der Waals surface area contributed by atoms with Crippen molar-refractivity contribution in [3.63, 3.8) is 0 Å². The first-order chi connectivity index (χ1) is 8.24. The van der Waals surface area contributed by atoms with Crippen LogP contribution in [-0.4, -0.2) is 23.3 Å². The number of piperidine rings is 1. The second-order valence-electron chi connectivity index (χ2n) is 4.73. The van der Waals surface area contributed by atoms with Crippen LogP contribution in [0, 0.1) is 5.92 Å². The molecule has 0 spiro atoms. The van der Waals surface area contributed by atoms with Crippen molar-refractivity contribution < 1.29 is 1.37 Å². The van der Waals surface area contributed by atoms with E-state index >= 15 is 0 Å². The largest absolute Gasteiger partial charge is 0.371 e. The van der Waals surface area contributed by atoms with E-state index in [-0.39, 0.29) is 0 Å². The summed E-state index contributed by atoms with van der Waals surface area (Å²) in [4.78, 5) is 2.39. The average molecular weight is 216 g/mol. The van der Waals surface area contributed by atoms with Crippen LogP contribution in [0.15, 0.2) is 24.4 Å². The fourth-order valence-corrected chi connectivity index (χ4v) is 2.56. The summed E-state index contributed by atoms with van der Waals surface area (Å²) in [5.41, 5.74) is 2.12. The molecule has 0 bridgehead atoms. The van der Waals surface area contributed by atoms with Crippen LogP contribution >= 0.6 is 0 Å². The van der Waals surface area contributed by atoms with Crippen molar-refractivity contribution in [3.05, 3.63) is 24.4 Å². The first-order valence-electron chi connectivity index (χ1n) is 6.43. The van der Waals surface area contributed by atoms with Gasteiger partial charge in [-0.25, -0.2) is 0 Å². The van der Waals surface area contributed by atoms with Gasteiger partial charge in [0.15, 0.2) is 0 Å². The number of nitrogens with zero attached hydrogens (tertiary/aromatic N) is 2. The molecule has 1 aromatic carbocycles. The van der Waals surface area contributed by atoms with Gasteiger partial charge in [-0.15, -0.1) is 0 Å². The first kappa shape index (κ1) is 8.62. The Kier molecular flexibility index (Phi) is 2.05. The zero-order valence-corrected chi connectivity index (χ0v) is 9.53. The van der Waals surface area contributed by atoms with Crippen LogP contribution in [0.5, 0.6) is 0 Å². The molecule has 3 rings (SSSR count). The van der Waals surface area contributed by atoms with Gasteiger partial charge in [-0.05, 0) is 30.9 Å². The minimum Gasteiger partial charge on any atom is -0.371 e. The Bertz CT molecular complexity index is 534. The first-order valence-corrected chi connectivity index (χ1v) is 5.93. The number of aromatic nitrogens is 2. The molecular formula is C13H17N3. The number of benzene rings is 1. The number of aromatic amines is 1. The Labute approximate surface area is 96.9 Å². The quantitative estimate of drug-likeness (QED) is 0.795. The van der Waals surface area contributed by atoms with Crippen molar-refractivity contribution in [2.45, 2.75) is 19.8 Å². The lowest BCUT2D eigenvalue weighted by molar-refractivity contribution is 0.447. The molecule has 0 radical (unpaired) electrons. The fourth-order valence-electron chi connectivity index (χ4n) is 2.56. The van der Waals surface area contributed by atoms with Crippen LogP contribution in [0.4, 0.5) is 5.69 Å². The monoisotopic (exact) mass is 216 g/mol. The fraction of sp³-hybridized carbons (Fsp3) is 0.462. The maximum Gasteiger partial charge on any atom is 0.0671 e. The lowest BCUT2D eigenvalue weighted by Crippen LogP contribution is -2.34. The number of rotatable bonds is 1. The van der Waals surface area contributed by atoms with E-state index in [9.17, 15) is 0 Å². The van der Waals surface area contributed by atoms with E-state index in [1.54, 1.807) is 0 Å². The van der Waals surface area contributed by atoms with Crippen LogP contribution in [0.3, 0.4) is 0 Å². The zero-order chi connectivity index (χ0) is 11.8. The Morgan fingerprint density at radius 3 is 3.38 bits per heavy atom. The van der Waals surface area contributed by atoms with E-state index in [1.165, 1.54) is 12.8 Å². The third-order valence-corrected chi connectivity index (χ3v) is 3.39. The molecule has 2 heterocycles. The molecule has 1 unspecified atom stereocenters. The molecule has 16 heavy (non-hydrogen) atoms. The minimum absolute atomic E-state index is 0.551. The average Bonchev–Trinajstić information content (AvgIpc) is 2.75. The minimum atomic E-state index is 0.551. The smallest absolute Gasteiger partial charge is 0.0671 e. The van der Waals surface area contributed by atoms with E-state index < -0.39 is 0 Å². The summed E-state index contributed by atoms with van der Waals surface area (Å²) in [7, 11) is 0. The molecule has 1 aliphatic heterocycles. The van der Waals surface area contributed by atoms with Crippen molar-refractivity contribution in [3.8, 4) is 0 Å². The standard InChI is InChI=1S/C13H17N3/c1-10-4-3-7-16(9-10)13-6-2-5-12-11(13)8-14-15-12/h2,5-6,8,10H,3-4,7,9H2,1H3,(H,14,15)/i2D. The molecule has 1 aromatic heterocycles. The molecule has 1 N–H and O–H groups in total. The van der Waals surface area contributed by atoms with Gasteiger partial charge < -0.3 is 4.90 Å². The number of anilines is 1. The molecule has 0 aliphatic carbocycles. The Balaban J connectivity index is 2.06. The molecule has 84 valence electrons.